The quantitative estimate of drug-likeness (QED) is 0.350. The molecule has 0 unspecified atom stereocenters. The second kappa shape index (κ2) is 16.3. The van der Waals surface area contributed by atoms with Gasteiger partial charge in [-0.05, 0) is 103 Å². The summed E-state index contributed by atoms with van der Waals surface area (Å²) in [6.45, 7) is 18.4. The summed E-state index contributed by atoms with van der Waals surface area (Å²) in [5.41, 5.74) is 11.5. The van der Waals surface area contributed by atoms with E-state index in [0.29, 0.717) is 23.7 Å². The van der Waals surface area contributed by atoms with Gasteiger partial charge >= 0.3 is 26.2 Å². The summed E-state index contributed by atoms with van der Waals surface area (Å²) >= 11 is 0. The summed E-state index contributed by atoms with van der Waals surface area (Å²) in [5.74, 6) is 2.45. The molecule has 6 rings (SSSR count). The SMILES string of the molecule is CC(C)C1=PC2=C(C(C)C)C=C(c3ccccc3)C2=C1.CC(C)C1=PC2=C(C(C)C)C=C(c3ccccc3)C2=C1.[Cl-].[Cl-].[Zr+2]. The molecule has 0 radical (unpaired) electrons. The topological polar surface area (TPSA) is 0 Å². The van der Waals surface area contributed by atoms with Crippen LogP contribution in [0.4, 0.5) is 0 Å². The maximum absolute atomic E-state index is 2.43. The Morgan fingerprint density at radius 2 is 0.744 bits per heavy atom. The number of benzene rings is 2. The Kier molecular flexibility index (Phi) is 14.4. The van der Waals surface area contributed by atoms with E-state index >= 15 is 0 Å². The van der Waals surface area contributed by atoms with E-state index in [9.17, 15) is 0 Å². The van der Waals surface area contributed by atoms with Crippen LogP contribution in [0.1, 0.15) is 66.5 Å². The van der Waals surface area contributed by atoms with Gasteiger partial charge in [0.15, 0.2) is 0 Å². The van der Waals surface area contributed by atoms with Crippen molar-refractivity contribution in [3.8, 4) is 0 Å². The van der Waals surface area contributed by atoms with Crippen LogP contribution >= 0.6 is 16.4 Å². The van der Waals surface area contributed by atoms with Crippen molar-refractivity contribution in [1.82, 2.24) is 0 Å². The molecule has 0 N–H and O–H groups in total. The molecule has 4 aliphatic rings. The van der Waals surface area contributed by atoms with Gasteiger partial charge in [-0.25, -0.2) is 0 Å². The van der Waals surface area contributed by atoms with Gasteiger partial charge in [-0.1, -0.05) is 132 Å². The third-order valence-electron chi connectivity index (χ3n) is 7.90. The van der Waals surface area contributed by atoms with Crippen LogP contribution in [-0.2, 0) is 26.2 Å². The summed E-state index contributed by atoms with van der Waals surface area (Å²) in [6, 6.07) is 21.6. The van der Waals surface area contributed by atoms with Crippen LogP contribution in [0.25, 0.3) is 11.1 Å². The van der Waals surface area contributed by atoms with Gasteiger partial charge in [-0.15, -0.1) is 0 Å². The van der Waals surface area contributed by atoms with Crippen LogP contribution in [0.5, 0.6) is 0 Å². The predicted octanol–water partition coefficient (Wildman–Crippen LogP) is 5.42. The maximum atomic E-state index is 2.43. The molecule has 43 heavy (non-hydrogen) atoms. The smallest absolute Gasteiger partial charge is 1.00 e. The van der Waals surface area contributed by atoms with E-state index in [-0.39, 0.29) is 51.0 Å². The number of hydrogen-bond donors (Lipinski definition) is 0. The molecule has 2 heterocycles. The molecule has 2 aromatic rings. The average Bonchev–Trinajstić information content (AvgIpc) is 3.69. The van der Waals surface area contributed by atoms with Crippen molar-refractivity contribution in [2.24, 2.45) is 23.7 Å². The van der Waals surface area contributed by atoms with Gasteiger partial charge in [-0.3, -0.25) is 0 Å². The van der Waals surface area contributed by atoms with Crippen molar-refractivity contribution in [3.05, 3.63) is 129 Å². The van der Waals surface area contributed by atoms with Gasteiger partial charge in [0.1, 0.15) is 0 Å². The van der Waals surface area contributed by atoms with E-state index in [0.717, 1.165) is 0 Å². The number of halogens is 2. The molecular weight excluding hydrogens is 680 g/mol. The molecule has 2 aliphatic heterocycles. The van der Waals surface area contributed by atoms with Gasteiger partial charge in [0.2, 0.25) is 0 Å². The van der Waals surface area contributed by atoms with Crippen LogP contribution in [0, 0.1) is 23.7 Å². The number of hydrogen-bond acceptors (Lipinski definition) is 0. The van der Waals surface area contributed by atoms with E-state index in [2.05, 4.69) is 140 Å². The summed E-state index contributed by atoms with van der Waals surface area (Å²) in [4.78, 5) is 0. The molecule has 222 valence electrons. The number of fused-ring (bicyclic) bond motifs is 2. The Bertz CT molecular complexity index is 1440. The van der Waals surface area contributed by atoms with E-state index < -0.39 is 0 Å². The van der Waals surface area contributed by atoms with Crippen molar-refractivity contribution < 1.29 is 51.0 Å². The monoisotopic (exact) mass is 720 g/mol. The molecule has 0 atom stereocenters. The number of rotatable bonds is 6. The Hall–Kier alpha value is -1.32. The largest absolute Gasteiger partial charge is 2.00 e. The summed E-state index contributed by atoms with van der Waals surface area (Å²) in [5, 5.41) is 6.19. The molecule has 2 aromatic carbocycles. The third kappa shape index (κ3) is 8.10. The zero-order valence-electron chi connectivity index (χ0n) is 26.5. The first-order chi connectivity index (χ1) is 19.2. The van der Waals surface area contributed by atoms with Gasteiger partial charge < -0.3 is 24.8 Å². The van der Waals surface area contributed by atoms with E-state index in [1.165, 1.54) is 61.0 Å². The zero-order valence-corrected chi connectivity index (χ0v) is 32.3. The molecule has 0 aromatic heterocycles. The third-order valence-corrected chi connectivity index (χ3v) is 11.2. The molecular formula is C38H42Cl2P2Zr. The second-order valence-corrected chi connectivity index (χ2v) is 14.6. The van der Waals surface area contributed by atoms with Crippen LogP contribution < -0.4 is 24.8 Å². The summed E-state index contributed by atoms with van der Waals surface area (Å²) in [7, 11) is 2.85. The van der Waals surface area contributed by atoms with Crippen molar-refractivity contribution >= 4 is 38.1 Å². The van der Waals surface area contributed by atoms with Gasteiger partial charge in [-0.2, -0.15) is 0 Å². The minimum absolute atomic E-state index is 0. The fraction of sp³-hybridized carbons (Fsp3) is 0.316. The normalized spacial score (nSPS) is 17.1. The Morgan fingerprint density at radius 3 is 1.02 bits per heavy atom. The molecule has 5 heteroatoms. The first-order valence-corrected chi connectivity index (χ1v) is 16.6. The van der Waals surface area contributed by atoms with Crippen molar-refractivity contribution in [2.75, 3.05) is 0 Å². The van der Waals surface area contributed by atoms with Gasteiger partial charge in [0.05, 0.1) is 0 Å². The van der Waals surface area contributed by atoms with Crippen LogP contribution in [-0.4, -0.2) is 10.6 Å². The maximum Gasteiger partial charge on any atom is 2.00 e. The van der Waals surface area contributed by atoms with Crippen LogP contribution in [0.2, 0.25) is 0 Å². The summed E-state index contributed by atoms with van der Waals surface area (Å²) in [6.07, 6.45) is 9.67. The first-order valence-electron chi connectivity index (χ1n) is 14.8. The van der Waals surface area contributed by atoms with Crippen molar-refractivity contribution in [3.63, 3.8) is 0 Å². The van der Waals surface area contributed by atoms with E-state index in [1.807, 2.05) is 0 Å². The van der Waals surface area contributed by atoms with Gasteiger partial charge in [0, 0.05) is 10.6 Å². The first kappa shape index (κ1) is 37.9. The molecule has 0 nitrogen and oxygen atoms in total. The fourth-order valence-corrected chi connectivity index (χ4v) is 8.45. The molecule has 2 aliphatic carbocycles. The van der Waals surface area contributed by atoms with E-state index in [1.54, 1.807) is 21.2 Å². The van der Waals surface area contributed by atoms with E-state index in [4.69, 9.17) is 0 Å². The Labute approximate surface area is 295 Å². The molecule has 0 fully saturated rings. The van der Waals surface area contributed by atoms with Crippen molar-refractivity contribution in [2.45, 2.75) is 55.4 Å². The van der Waals surface area contributed by atoms with Crippen LogP contribution in [0.15, 0.2) is 118 Å². The fourth-order valence-electron chi connectivity index (χ4n) is 5.51. The molecule has 0 bridgehead atoms. The average molecular weight is 723 g/mol. The molecule has 0 spiro atoms. The minimum Gasteiger partial charge on any atom is -1.00 e. The molecule has 0 amide bonds. The van der Waals surface area contributed by atoms with Gasteiger partial charge in [0.25, 0.3) is 0 Å². The molecule has 0 saturated heterocycles. The minimum atomic E-state index is 0. The Balaban J connectivity index is 0.000000281. The Morgan fingerprint density at radius 1 is 0.419 bits per heavy atom. The molecule has 0 saturated carbocycles. The standard InChI is InChI=1S/2C19H21P.2ClH.Zr/c2*1-12(2)15-10-16(14-8-6-5-7-9-14)17-11-18(13(3)4)20-19(15)17;;;/h2*5-13H,1-4H3;2*1H;/q;;;;+2/p-2. The second-order valence-electron chi connectivity index (χ2n) is 12.3. The van der Waals surface area contributed by atoms with Crippen molar-refractivity contribution in [1.29, 1.82) is 0 Å². The summed E-state index contributed by atoms with van der Waals surface area (Å²) < 4.78 is 0. The zero-order chi connectivity index (χ0) is 28.6. The predicted molar refractivity (Wildman–Crippen MR) is 182 cm³/mol. The van der Waals surface area contributed by atoms with Crippen LogP contribution in [0.3, 0.4) is 0 Å². The number of allylic oxidation sites excluding steroid dienone is 12.